The van der Waals surface area contributed by atoms with Crippen LogP contribution in [0.25, 0.3) is 0 Å². The standard InChI is InChI=1S/C22H34N6O.HI/c1-16-6-8-19(9-7-16)21(28-10-12-29-13-11-28)15-25-22(23-4)24-14-20-17(2)26-27(5)18(20)3;/h6-9,21H,10-15H2,1-5H3,(H2,23,24,25);1H. The molecule has 7 nitrogen and oxygen atoms in total. The third kappa shape index (κ3) is 6.18. The molecule has 0 bridgehead atoms. The number of nitrogens with zero attached hydrogens (tertiary/aromatic N) is 4. The number of guanidine groups is 1. The Balaban J connectivity index is 0.00000320. The summed E-state index contributed by atoms with van der Waals surface area (Å²) in [6.07, 6.45) is 0. The molecule has 1 atom stereocenters. The molecule has 1 saturated heterocycles. The highest BCUT2D eigenvalue weighted by Gasteiger charge is 2.23. The van der Waals surface area contributed by atoms with Crippen LogP contribution in [-0.4, -0.2) is 60.5 Å². The van der Waals surface area contributed by atoms with Crippen LogP contribution >= 0.6 is 24.0 Å². The van der Waals surface area contributed by atoms with Crippen molar-refractivity contribution in [3.8, 4) is 0 Å². The Labute approximate surface area is 197 Å². The smallest absolute Gasteiger partial charge is 0.191 e. The summed E-state index contributed by atoms with van der Waals surface area (Å²) in [7, 11) is 3.79. The Morgan fingerprint density at radius 1 is 1.13 bits per heavy atom. The van der Waals surface area contributed by atoms with Crippen LogP contribution in [0.1, 0.15) is 34.1 Å². The molecule has 0 saturated carbocycles. The number of nitrogens with one attached hydrogen (secondary N) is 2. The van der Waals surface area contributed by atoms with Crippen molar-refractivity contribution in [2.45, 2.75) is 33.4 Å². The summed E-state index contributed by atoms with van der Waals surface area (Å²) in [5.41, 5.74) is 6.05. The molecule has 0 amide bonds. The van der Waals surface area contributed by atoms with Crippen LogP contribution in [0.3, 0.4) is 0 Å². The van der Waals surface area contributed by atoms with Gasteiger partial charge in [-0.15, -0.1) is 24.0 Å². The molecule has 3 rings (SSSR count). The van der Waals surface area contributed by atoms with Gasteiger partial charge < -0.3 is 15.4 Å². The number of aliphatic imine (C=N–C) groups is 1. The molecule has 2 heterocycles. The lowest BCUT2D eigenvalue weighted by molar-refractivity contribution is 0.0170. The second kappa shape index (κ2) is 11.7. The Morgan fingerprint density at radius 2 is 1.80 bits per heavy atom. The zero-order chi connectivity index (χ0) is 20.8. The first-order valence-electron chi connectivity index (χ1n) is 10.3. The number of hydrogen-bond donors (Lipinski definition) is 2. The fourth-order valence-corrected chi connectivity index (χ4v) is 3.79. The Bertz CT molecular complexity index is 827. The molecule has 166 valence electrons. The summed E-state index contributed by atoms with van der Waals surface area (Å²) in [6, 6.07) is 9.11. The SMILES string of the molecule is CN=C(NCc1c(C)nn(C)c1C)NCC(c1ccc(C)cc1)N1CCOCC1.I. The van der Waals surface area contributed by atoms with Gasteiger partial charge in [0.1, 0.15) is 0 Å². The van der Waals surface area contributed by atoms with Crippen molar-refractivity contribution in [2.24, 2.45) is 12.0 Å². The van der Waals surface area contributed by atoms with Crippen LogP contribution < -0.4 is 10.6 Å². The number of aromatic nitrogens is 2. The summed E-state index contributed by atoms with van der Waals surface area (Å²) in [6.45, 7) is 11.2. The van der Waals surface area contributed by atoms with Crippen LogP contribution in [0.15, 0.2) is 29.3 Å². The number of morpholine rings is 1. The van der Waals surface area contributed by atoms with Gasteiger partial charge in [-0.25, -0.2) is 0 Å². The summed E-state index contributed by atoms with van der Waals surface area (Å²) in [5, 5.41) is 11.5. The van der Waals surface area contributed by atoms with Gasteiger partial charge in [-0.2, -0.15) is 5.10 Å². The molecule has 30 heavy (non-hydrogen) atoms. The van der Waals surface area contributed by atoms with Crippen LogP contribution in [-0.2, 0) is 18.3 Å². The third-order valence-corrected chi connectivity index (χ3v) is 5.73. The van der Waals surface area contributed by atoms with Gasteiger partial charge in [-0.3, -0.25) is 14.6 Å². The molecule has 1 aromatic heterocycles. The minimum Gasteiger partial charge on any atom is -0.379 e. The lowest BCUT2D eigenvalue weighted by Gasteiger charge is -2.35. The molecule has 0 radical (unpaired) electrons. The number of benzene rings is 1. The fourth-order valence-electron chi connectivity index (χ4n) is 3.79. The first kappa shape index (κ1) is 24.6. The third-order valence-electron chi connectivity index (χ3n) is 5.73. The highest BCUT2D eigenvalue weighted by Crippen LogP contribution is 2.22. The van der Waals surface area contributed by atoms with Gasteiger partial charge >= 0.3 is 0 Å². The van der Waals surface area contributed by atoms with E-state index >= 15 is 0 Å². The van der Waals surface area contributed by atoms with Crippen molar-refractivity contribution in [3.63, 3.8) is 0 Å². The molecule has 0 spiro atoms. The van der Waals surface area contributed by atoms with E-state index in [1.165, 1.54) is 22.4 Å². The molecular formula is C22H35IN6O. The zero-order valence-corrected chi connectivity index (χ0v) is 21.1. The van der Waals surface area contributed by atoms with Crippen molar-refractivity contribution in [1.82, 2.24) is 25.3 Å². The summed E-state index contributed by atoms with van der Waals surface area (Å²) in [4.78, 5) is 6.91. The lowest BCUT2D eigenvalue weighted by Crippen LogP contribution is -2.46. The maximum absolute atomic E-state index is 5.56. The fraction of sp³-hybridized carbons (Fsp3) is 0.545. The molecule has 1 unspecified atom stereocenters. The van der Waals surface area contributed by atoms with E-state index in [9.17, 15) is 0 Å². The monoisotopic (exact) mass is 526 g/mol. The van der Waals surface area contributed by atoms with E-state index in [4.69, 9.17) is 4.74 Å². The predicted molar refractivity (Wildman–Crippen MR) is 133 cm³/mol. The lowest BCUT2D eigenvalue weighted by atomic mass is 10.0. The van der Waals surface area contributed by atoms with Gasteiger partial charge in [0.2, 0.25) is 0 Å². The summed E-state index contributed by atoms with van der Waals surface area (Å²) < 4.78 is 7.48. The number of halogens is 1. The van der Waals surface area contributed by atoms with Crippen LogP contribution in [0.2, 0.25) is 0 Å². The van der Waals surface area contributed by atoms with E-state index in [-0.39, 0.29) is 30.0 Å². The van der Waals surface area contributed by atoms with Gasteiger partial charge in [0.25, 0.3) is 0 Å². The van der Waals surface area contributed by atoms with Gasteiger partial charge in [-0.1, -0.05) is 29.8 Å². The normalized spacial score (nSPS) is 16.1. The molecule has 1 fully saturated rings. The average molecular weight is 526 g/mol. The van der Waals surface area contributed by atoms with Gasteiger partial charge in [0.05, 0.1) is 24.9 Å². The van der Waals surface area contributed by atoms with Crippen molar-refractivity contribution in [3.05, 3.63) is 52.3 Å². The van der Waals surface area contributed by atoms with E-state index in [0.29, 0.717) is 6.54 Å². The molecule has 2 N–H and O–H groups in total. The van der Waals surface area contributed by atoms with E-state index in [2.05, 4.69) is 63.7 Å². The van der Waals surface area contributed by atoms with E-state index in [1.807, 2.05) is 25.7 Å². The quantitative estimate of drug-likeness (QED) is 0.345. The molecule has 2 aromatic rings. The molecular weight excluding hydrogens is 491 g/mol. The first-order valence-corrected chi connectivity index (χ1v) is 10.3. The van der Waals surface area contributed by atoms with E-state index < -0.39 is 0 Å². The van der Waals surface area contributed by atoms with Crippen LogP contribution in [0.4, 0.5) is 0 Å². The van der Waals surface area contributed by atoms with Crippen molar-refractivity contribution < 1.29 is 4.74 Å². The van der Waals surface area contributed by atoms with Crippen LogP contribution in [0.5, 0.6) is 0 Å². The van der Waals surface area contributed by atoms with Crippen LogP contribution in [0, 0.1) is 20.8 Å². The van der Waals surface area contributed by atoms with Crippen molar-refractivity contribution >= 4 is 29.9 Å². The molecule has 1 aromatic carbocycles. The first-order chi connectivity index (χ1) is 14.0. The predicted octanol–water partition coefficient (Wildman–Crippen LogP) is 2.70. The van der Waals surface area contributed by atoms with Gasteiger partial charge in [0, 0.05) is 51.5 Å². The van der Waals surface area contributed by atoms with E-state index in [1.54, 1.807) is 0 Å². The van der Waals surface area contributed by atoms with E-state index in [0.717, 1.165) is 44.5 Å². The molecule has 8 heteroatoms. The average Bonchev–Trinajstić information content (AvgIpc) is 2.98. The topological polar surface area (TPSA) is 66.7 Å². The highest BCUT2D eigenvalue weighted by molar-refractivity contribution is 14.0. The second-order valence-corrected chi connectivity index (χ2v) is 7.65. The number of hydrogen-bond acceptors (Lipinski definition) is 4. The molecule has 1 aliphatic rings. The second-order valence-electron chi connectivity index (χ2n) is 7.65. The summed E-state index contributed by atoms with van der Waals surface area (Å²) >= 11 is 0. The minimum atomic E-state index is 0. The van der Waals surface area contributed by atoms with Gasteiger partial charge in [0.15, 0.2) is 5.96 Å². The Hall–Kier alpha value is -1.65. The molecule has 1 aliphatic heterocycles. The van der Waals surface area contributed by atoms with Gasteiger partial charge in [-0.05, 0) is 26.3 Å². The zero-order valence-electron chi connectivity index (χ0n) is 18.7. The summed E-state index contributed by atoms with van der Waals surface area (Å²) in [5.74, 6) is 0.804. The Kier molecular flexibility index (Phi) is 9.57. The number of aryl methyl sites for hydroxylation is 3. The maximum Gasteiger partial charge on any atom is 0.191 e. The maximum atomic E-state index is 5.56. The Morgan fingerprint density at radius 3 is 2.37 bits per heavy atom. The highest BCUT2D eigenvalue weighted by atomic mass is 127. The minimum absolute atomic E-state index is 0. The van der Waals surface area contributed by atoms with Crippen molar-refractivity contribution in [2.75, 3.05) is 39.9 Å². The molecule has 0 aliphatic carbocycles. The largest absolute Gasteiger partial charge is 0.379 e. The number of rotatable bonds is 6. The van der Waals surface area contributed by atoms with Crippen molar-refractivity contribution in [1.29, 1.82) is 0 Å². The number of ether oxygens (including phenoxy) is 1.